The first kappa shape index (κ1) is 17.3. The first-order valence-corrected chi connectivity index (χ1v) is 8.01. The molecule has 8 heteroatoms. The summed E-state index contributed by atoms with van der Waals surface area (Å²) in [5.74, 6) is 0.949. The Balaban J connectivity index is 0.000000338. The number of hydrogen-bond acceptors (Lipinski definition) is 6. The molecule has 122 valence electrons. The Bertz CT molecular complexity index is 778. The summed E-state index contributed by atoms with van der Waals surface area (Å²) in [5.41, 5.74) is 4.04. The molecule has 0 atom stereocenters. The third-order valence-electron chi connectivity index (χ3n) is 2.98. The third-order valence-corrected chi connectivity index (χ3v) is 2.98. The van der Waals surface area contributed by atoms with Crippen molar-refractivity contribution in [1.29, 1.82) is 0 Å². The summed E-state index contributed by atoms with van der Waals surface area (Å²) >= 11 is 0. The Morgan fingerprint density at radius 1 is 1.09 bits per heavy atom. The molecule has 0 saturated carbocycles. The van der Waals surface area contributed by atoms with Crippen LogP contribution >= 0.6 is 0 Å². The fourth-order valence-electron chi connectivity index (χ4n) is 2.09. The largest absolute Gasteiger partial charge is 0.366 e. The number of nitrogens with zero attached hydrogens (tertiary/aromatic N) is 2. The fraction of sp³-hybridized carbons (Fsp3) is 0.200. The van der Waals surface area contributed by atoms with Crippen LogP contribution in [0, 0.1) is 17.2 Å². The van der Waals surface area contributed by atoms with Crippen LogP contribution < -0.4 is 23.2 Å². The fourth-order valence-corrected chi connectivity index (χ4v) is 2.09. The van der Waals surface area contributed by atoms with E-state index in [4.69, 9.17) is 23.2 Å². The van der Waals surface area contributed by atoms with Crippen molar-refractivity contribution in [3.05, 3.63) is 53.9 Å². The van der Waals surface area contributed by atoms with Crippen molar-refractivity contribution in [2.45, 2.75) is 20.3 Å². The summed E-state index contributed by atoms with van der Waals surface area (Å²) in [6.45, 7) is 4.08. The molecule has 0 fully saturated rings. The first-order chi connectivity index (χ1) is 10.8. The van der Waals surface area contributed by atoms with Gasteiger partial charge in [0.1, 0.15) is 0 Å². The van der Waals surface area contributed by atoms with Crippen LogP contribution in [0.3, 0.4) is 0 Å². The van der Waals surface area contributed by atoms with E-state index in [0.717, 1.165) is 34.8 Å². The van der Waals surface area contributed by atoms with E-state index in [-0.39, 0.29) is 0 Å². The monoisotopic (exact) mass is 338 g/mol. The highest BCUT2D eigenvalue weighted by Crippen LogP contribution is 2.17. The lowest BCUT2D eigenvalue weighted by atomic mass is 10.1. The van der Waals surface area contributed by atoms with Gasteiger partial charge < -0.3 is 0 Å². The molecule has 0 bridgehead atoms. The Kier molecular flexibility index (Phi) is 5.30. The van der Waals surface area contributed by atoms with Crippen molar-refractivity contribution >= 4 is 5.65 Å². The molecule has 0 amide bonds. The Labute approximate surface area is 134 Å². The molecule has 23 heavy (non-hydrogen) atoms. The molecule has 7 nitrogen and oxygen atoms in total. The summed E-state index contributed by atoms with van der Waals surface area (Å²) in [5, 5.41) is 0. The zero-order valence-electron chi connectivity index (χ0n) is 12.6. The van der Waals surface area contributed by atoms with Gasteiger partial charge in [0.25, 0.3) is 0 Å². The van der Waals surface area contributed by atoms with E-state index in [1.807, 2.05) is 37.3 Å². The van der Waals surface area contributed by atoms with Gasteiger partial charge in [-0.3, -0.25) is 4.52 Å². The minimum Gasteiger partial charge on any atom is -0.300 e. The summed E-state index contributed by atoms with van der Waals surface area (Å²) in [7, 11) is -4.94. The average molecular weight is 339 g/mol. The van der Waals surface area contributed by atoms with Crippen LogP contribution in [0.5, 0.6) is 0 Å². The lowest BCUT2D eigenvalue weighted by Crippen LogP contribution is -2.68. The highest BCUT2D eigenvalue weighted by molar-refractivity contribution is 5.57. The quantitative estimate of drug-likeness (QED) is 0.508. The number of aromatic nitrogens is 2. The summed E-state index contributed by atoms with van der Waals surface area (Å²) in [4.78, 5) is 4.50. The standard InChI is InChI=1S/C15H15N2O.ClHO4/c1-3-13-10-15-16-11(2)9-14(17(15)18-13)12-7-5-4-6-8-12;2-1(3,4)5/h4-10H,3H2,1-2H3;(H,2,3,4,5)/q+1;/p-1. The number of benzene rings is 1. The van der Waals surface area contributed by atoms with E-state index >= 15 is 0 Å². The smallest absolute Gasteiger partial charge is 0.300 e. The van der Waals surface area contributed by atoms with Crippen LogP contribution in [0.4, 0.5) is 0 Å². The van der Waals surface area contributed by atoms with Crippen molar-refractivity contribution in [1.82, 2.24) is 4.98 Å². The maximum atomic E-state index is 8.49. The first-order valence-electron chi connectivity index (χ1n) is 6.77. The minimum atomic E-state index is -4.94. The van der Waals surface area contributed by atoms with E-state index in [2.05, 4.69) is 24.0 Å². The maximum absolute atomic E-state index is 8.49. The summed E-state index contributed by atoms with van der Waals surface area (Å²) < 4.78 is 41.6. The van der Waals surface area contributed by atoms with Crippen LogP contribution in [0.2, 0.25) is 0 Å². The molecule has 0 radical (unpaired) electrons. The predicted molar refractivity (Wildman–Crippen MR) is 69.2 cm³/mol. The molecule has 0 saturated heterocycles. The Morgan fingerprint density at radius 3 is 2.26 bits per heavy atom. The van der Waals surface area contributed by atoms with Gasteiger partial charge in [0.2, 0.25) is 0 Å². The van der Waals surface area contributed by atoms with Crippen LogP contribution in [-0.2, 0) is 6.42 Å². The van der Waals surface area contributed by atoms with Crippen molar-refractivity contribution in [2.75, 3.05) is 0 Å². The van der Waals surface area contributed by atoms with Crippen LogP contribution in [0.15, 0.2) is 47.0 Å². The molecule has 0 aliphatic heterocycles. The lowest BCUT2D eigenvalue weighted by Gasteiger charge is -2.17. The molecule has 2 aromatic heterocycles. The minimum absolute atomic E-state index is 0.866. The molecule has 0 spiro atoms. The zero-order valence-corrected chi connectivity index (χ0v) is 13.3. The molecule has 2 heterocycles. The van der Waals surface area contributed by atoms with Gasteiger partial charge in [-0.25, -0.2) is 18.6 Å². The maximum Gasteiger partial charge on any atom is 0.366 e. The molecule has 1 aromatic carbocycles. The van der Waals surface area contributed by atoms with E-state index in [0.29, 0.717) is 0 Å². The highest BCUT2D eigenvalue weighted by Gasteiger charge is 2.18. The number of halogens is 1. The third kappa shape index (κ3) is 4.98. The molecule has 3 rings (SSSR count). The SMILES string of the molecule is CCc1cc2nc(C)cc(-c3ccccc3)[n+]2o1.[O-][Cl+3]([O-])([O-])[O-]. The van der Waals surface area contributed by atoms with Crippen molar-refractivity contribution in [3.63, 3.8) is 0 Å². The lowest BCUT2D eigenvalue weighted by molar-refractivity contribution is -2.00. The van der Waals surface area contributed by atoms with E-state index in [1.54, 1.807) is 4.57 Å². The second-order valence-electron chi connectivity index (χ2n) is 4.73. The zero-order chi connectivity index (χ0) is 17.0. The molecular formula is C15H15ClN2O5. The van der Waals surface area contributed by atoms with Crippen LogP contribution in [-0.4, -0.2) is 4.98 Å². The van der Waals surface area contributed by atoms with Gasteiger partial charge in [-0.05, 0) is 9.56 Å². The topological polar surface area (TPSA) is 122 Å². The summed E-state index contributed by atoms with van der Waals surface area (Å²) in [6, 6.07) is 14.3. The van der Waals surface area contributed by atoms with E-state index < -0.39 is 10.2 Å². The number of rotatable bonds is 2. The molecule has 0 aliphatic rings. The number of aryl methyl sites for hydroxylation is 2. The van der Waals surface area contributed by atoms with Crippen LogP contribution in [0.1, 0.15) is 18.4 Å². The molecule has 0 aliphatic carbocycles. The van der Waals surface area contributed by atoms with E-state index in [1.165, 1.54) is 0 Å². The van der Waals surface area contributed by atoms with Crippen molar-refractivity contribution in [3.8, 4) is 11.3 Å². The van der Waals surface area contributed by atoms with Crippen molar-refractivity contribution in [2.24, 2.45) is 0 Å². The second-order valence-corrected chi connectivity index (χ2v) is 5.49. The predicted octanol–water partition coefficient (Wildman–Crippen LogP) is -1.80. The highest BCUT2D eigenvalue weighted by atomic mass is 35.7. The second kappa shape index (κ2) is 7.03. The normalized spacial score (nSPS) is 11.2. The number of hydrogen-bond donors (Lipinski definition) is 0. The van der Waals surface area contributed by atoms with Gasteiger partial charge in [0, 0.05) is 25.0 Å². The van der Waals surface area contributed by atoms with Gasteiger partial charge in [0.05, 0.1) is 6.07 Å². The van der Waals surface area contributed by atoms with Gasteiger partial charge in [-0.2, -0.15) is 0 Å². The molecule has 0 unspecified atom stereocenters. The molecule has 0 N–H and O–H groups in total. The summed E-state index contributed by atoms with van der Waals surface area (Å²) in [6.07, 6.45) is 0.872. The van der Waals surface area contributed by atoms with Gasteiger partial charge in [-0.15, -0.1) is 10.2 Å². The Morgan fingerprint density at radius 2 is 1.70 bits per heavy atom. The van der Waals surface area contributed by atoms with Crippen molar-refractivity contribution < 1.29 is 38.0 Å². The Hall–Kier alpha value is -2.03. The van der Waals surface area contributed by atoms with E-state index in [9.17, 15) is 0 Å². The van der Waals surface area contributed by atoms with Gasteiger partial charge in [0.15, 0.2) is 17.1 Å². The van der Waals surface area contributed by atoms with Crippen LogP contribution in [0.25, 0.3) is 16.9 Å². The number of fused-ring (bicyclic) bond motifs is 1. The van der Waals surface area contributed by atoms with Gasteiger partial charge >= 0.3 is 5.65 Å². The van der Waals surface area contributed by atoms with Gasteiger partial charge in [-0.1, -0.05) is 37.3 Å². The average Bonchev–Trinajstić information content (AvgIpc) is 2.88. The molecular weight excluding hydrogens is 324 g/mol. The molecule has 3 aromatic rings.